The topological polar surface area (TPSA) is 12.0 Å². The van der Waals surface area contributed by atoms with E-state index in [1.165, 1.54) is 25.9 Å². The molecule has 17 heavy (non-hydrogen) atoms. The average Bonchev–Trinajstić information content (AvgIpc) is 2.73. The van der Waals surface area contributed by atoms with Gasteiger partial charge in [-0.05, 0) is 25.9 Å². The van der Waals surface area contributed by atoms with Gasteiger partial charge in [-0.1, -0.05) is 0 Å². The Hall–Kier alpha value is 0.739. The molecule has 0 unspecified atom stereocenters. The highest BCUT2D eigenvalue weighted by molar-refractivity contribution is 8.05. The van der Waals surface area contributed by atoms with Crippen molar-refractivity contribution in [3.63, 3.8) is 0 Å². The second kappa shape index (κ2) is 9.64. The predicted molar refractivity (Wildman–Crippen MR) is 91.2 cm³/mol. The third kappa shape index (κ3) is 7.69. The van der Waals surface area contributed by atoms with Gasteiger partial charge in [-0.25, -0.2) is 0 Å². The second-order valence-corrected chi connectivity index (χ2v) is 4.34. The van der Waals surface area contributed by atoms with Crippen molar-refractivity contribution in [3.05, 3.63) is 0 Å². The molecule has 1 aliphatic heterocycles. The van der Waals surface area contributed by atoms with Crippen molar-refractivity contribution in [2.24, 2.45) is 0 Å². The predicted octanol–water partition coefficient (Wildman–Crippen LogP) is -4.20. The van der Waals surface area contributed by atoms with Crippen LogP contribution in [-0.2, 0) is 0 Å². The lowest BCUT2D eigenvalue weighted by molar-refractivity contribution is 0.857. The maximum atomic E-state index is 5.59. The highest BCUT2D eigenvalue weighted by Crippen LogP contribution is 1.92. The Bertz CT molecular complexity index is 166. The minimum atomic E-state index is -0.723. The first kappa shape index (κ1) is 17.7. The molecule has 0 aromatic rings. The fraction of sp³-hybridized carbons (Fsp3) is 1.00. The van der Waals surface area contributed by atoms with E-state index in [1.54, 1.807) is 0 Å². The van der Waals surface area contributed by atoms with Crippen molar-refractivity contribution in [1.29, 1.82) is 0 Å². The van der Waals surface area contributed by atoms with Crippen molar-refractivity contribution in [2.45, 2.75) is 12.8 Å². The van der Waals surface area contributed by atoms with E-state index in [9.17, 15) is 0 Å². The van der Waals surface area contributed by atoms with Crippen molar-refractivity contribution >= 4 is 86.1 Å². The van der Waals surface area contributed by atoms with Gasteiger partial charge in [-0.15, -0.1) is 0 Å². The molecule has 0 amide bonds. The van der Waals surface area contributed by atoms with Gasteiger partial charge in [0.2, 0.25) is 0 Å². The van der Waals surface area contributed by atoms with Crippen LogP contribution in [0.5, 0.6) is 0 Å². The van der Waals surface area contributed by atoms with Crippen molar-refractivity contribution in [2.75, 3.05) is 13.1 Å². The standard InChI is InChI=1S/C4H9N.B12/c1-2-4-5-3-1;1-8(2)11(7)12(9(3)4)10(5)6/h5H,1-4H2;. The molecular formula is C4H9B12N. The van der Waals surface area contributed by atoms with E-state index in [2.05, 4.69) is 5.32 Å². The zero-order valence-electron chi connectivity index (χ0n) is 10.3. The summed E-state index contributed by atoms with van der Waals surface area (Å²) in [6.45, 7) is 2.50. The third-order valence-corrected chi connectivity index (χ3v) is 2.73. The maximum Gasteiger partial charge on any atom is 0 e. The van der Waals surface area contributed by atoms with Gasteiger partial charge in [0, 0.05) is 86.1 Å². The van der Waals surface area contributed by atoms with E-state index < -0.39 is 31.9 Å². The summed E-state index contributed by atoms with van der Waals surface area (Å²) in [6, 6.07) is 0. The van der Waals surface area contributed by atoms with Gasteiger partial charge in [-0.3, -0.25) is 0 Å². The molecule has 14 radical (unpaired) electrons. The first-order chi connectivity index (χ1) is 7.87. The zero-order valence-corrected chi connectivity index (χ0v) is 10.3. The number of nitrogens with one attached hydrogen (secondary N) is 1. The molecule has 0 aromatic heterocycles. The van der Waals surface area contributed by atoms with Crippen LogP contribution in [0.1, 0.15) is 12.8 Å². The summed E-state index contributed by atoms with van der Waals surface area (Å²) >= 11 is 0. The Morgan fingerprint density at radius 1 is 0.647 bits per heavy atom. The van der Waals surface area contributed by atoms with Crippen LogP contribution >= 0.6 is 0 Å². The Morgan fingerprint density at radius 2 is 1.06 bits per heavy atom. The number of hydrogen-bond acceptors (Lipinski definition) is 1. The van der Waals surface area contributed by atoms with E-state index in [4.69, 9.17) is 54.2 Å². The van der Waals surface area contributed by atoms with Gasteiger partial charge in [0.15, 0.2) is 0 Å². The lowest BCUT2D eigenvalue weighted by Gasteiger charge is -2.29. The quantitative estimate of drug-likeness (QED) is 0.454. The molecule has 13 heteroatoms. The van der Waals surface area contributed by atoms with E-state index >= 15 is 0 Å². The molecule has 66 valence electrons. The van der Waals surface area contributed by atoms with Gasteiger partial charge in [0.1, 0.15) is 0 Å². The molecule has 0 aliphatic carbocycles. The monoisotopic (exact) mass is 203 g/mol. The largest absolute Gasteiger partial charge is 0.317 e. The highest BCUT2D eigenvalue weighted by Gasteiger charge is 2.29. The zero-order chi connectivity index (χ0) is 13.4. The summed E-state index contributed by atoms with van der Waals surface area (Å²) in [6.07, 6.45) is -0.446. The summed E-state index contributed by atoms with van der Waals surface area (Å²) in [7, 11) is 37.9. The van der Waals surface area contributed by atoms with Crippen molar-refractivity contribution in [1.82, 2.24) is 5.32 Å². The molecule has 1 fully saturated rings. The van der Waals surface area contributed by atoms with Crippen molar-refractivity contribution < 1.29 is 0 Å². The molecule has 1 nitrogen and oxygen atoms in total. The Kier molecular flexibility index (Phi) is 10.1. The fourth-order valence-corrected chi connectivity index (χ4v) is 1.65. The van der Waals surface area contributed by atoms with E-state index in [0.717, 1.165) is 0 Å². The Morgan fingerprint density at radius 3 is 1.18 bits per heavy atom. The van der Waals surface area contributed by atoms with Gasteiger partial charge in [-0.2, -0.15) is 0 Å². The Balaban J connectivity index is 0.000000419. The molecule has 0 spiro atoms. The molecule has 1 rings (SSSR count). The molecular weight excluding hydrogens is 192 g/mol. The van der Waals surface area contributed by atoms with E-state index in [0.29, 0.717) is 0 Å². The molecule has 0 atom stereocenters. The lowest BCUT2D eigenvalue weighted by Crippen LogP contribution is -2.67. The fourth-order valence-electron chi connectivity index (χ4n) is 1.65. The van der Waals surface area contributed by atoms with Crippen molar-refractivity contribution in [3.8, 4) is 0 Å². The SMILES string of the molecule is C1CCNC1.[B]B([B])B([B])B(B([B])[B])B([B])[B]. The smallest absolute Gasteiger partial charge is 0 e. The minimum absolute atomic E-state index is 0.481. The summed E-state index contributed by atoms with van der Waals surface area (Å²) in [5.74, 6) is 0. The van der Waals surface area contributed by atoms with Gasteiger partial charge in [0.25, 0.3) is 0 Å². The third-order valence-electron chi connectivity index (χ3n) is 2.73. The van der Waals surface area contributed by atoms with E-state index in [1.807, 2.05) is 0 Å². The second-order valence-electron chi connectivity index (χ2n) is 4.34. The summed E-state index contributed by atoms with van der Waals surface area (Å²) in [4.78, 5) is 0. The highest BCUT2D eigenvalue weighted by atomic mass is 14.9. The van der Waals surface area contributed by atoms with Gasteiger partial charge in [0.05, 0.1) is 0 Å². The molecule has 0 saturated carbocycles. The minimum Gasteiger partial charge on any atom is -0.317 e. The van der Waals surface area contributed by atoms with Crippen LogP contribution in [0, 0.1) is 0 Å². The lowest BCUT2D eigenvalue weighted by atomic mass is 8.53. The first-order valence-electron chi connectivity index (χ1n) is 5.87. The van der Waals surface area contributed by atoms with Crippen LogP contribution in [0.4, 0.5) is 0 Å². The molecule has 1 aliphatic rings. The molecule has 1 saturated heterocycles. The molecule has 0 aromatic carbocycles. The molecule has 1 N–H and O–H groups in total. The normalized spacial score (nSPS) is 13.2. The maximum absolute atomic E-state index is 5.59. The molecule has 0 bridgehead atoms. The van der Waals surface area contributed by atoms with Crippen LogP contribution in [0.2, 0.25) is 0 Å². The summed E-state index contributed by atoms with van der Waals surface area (Å²) in [5, 5.41) is 3.22. The summed E-state index contributed by atoms with van der Waals surface area (Å²) in [5.41, 5.74) is 0. The van der Waals surface area contributed by atoms with Crippen LogP contribution in [0.3, 0.4) is 0 Å². The van der Waals surface area contributed by atoms with E-state index in [-0.39, 0.29) is 0 Å². The van der Waals surface area contributed by atoms with Crippen LogP contribution in [0.25, 0.3) is 0 Å². The first-order valence-corrected chi connectivity index (χ1v) is 5.87. The average molecular weight is 201 g/mol. The van der Waals surface area contributed by atoms with Gasteiger partial charge < -0.3 is 5.32 Å². The number of rotatable bonds is 4. The van der Waals surface area contributed by atoms with Crippen LogP contribution in [0.15, 0.2) is 0 Å². The summed E-state index contributed by atoms with van der Waals surface area (Å²) < 4.78 is 0. The van der Waals surface area contributed by atoms with Gasteiger partial charge >= 0.3 is 0 Å². The molecule has 1 heterocycles. The number of hydrogen-bond donors (Lipinski definition) is 1. The van der Waals surface area contributed by atoms with Crippen LogP contribution < -0.4 is 5.32 Å². The Labute approximate surface area is 117 Å². The van der Waals surface area contributed by atoms with Crippen LogP contribution in [-0.4, -0.2) is 99.2 Å².